The number of aromatic hydroxyl groups is 1. The van der Waals surface area contributed by atoms with Crippen molar-refractivity contribution in [1.82, 2.24) is 0 Å². The molecule has 0 atom stereocenters. The molecule has 0 unspecified atom stereocenters. The van der Waals surface area contributed by atoms with Crippen molar-refractivity contribution in [1.29, 1.82) is 0 Å². The summed E-state index contributed by atoms with van der Waals surface area (Å²) in [5, 5.41) is 19.3. The van der Waals surface area contributed by atoms with Crippen molar-refractivity contribution in [2.75, 3.05) is 7.11 Å². The van der Waals surface area contributed by atoms with Gasteiger partial charge in [-0.3, -0.25) is 0 Å². The first-order valence-corrected chi connectivity index (χ1v) is 11.4. The Kier molecular flexibility index (Phi) is 5.66. The summed E-state index contributed by atoms with van der Waals surface area (Å²) >= 11 is 0. The zero-order valence-electron chi connectivity index (χ0n) is 15.9. The Hall–Kier alpha value is -2.85. The molecule has 0 amide bonds. The topological polar surface area (TPSA) is 122 Å². The van der Waals surface area contributed by atoms with Gasteiger partial charge in [-0.1, -0.05) is 12.1 Å². The summed E-state index contributed by atoms with van der Waals surface area (Å²) in [4.78, 5) is -0.193. The molecule has 0 aliphatic rings. The van der Waals surface area contributed by atoms with E-state index in [1.807, 2.05) is 0 Å². The van der Waals surface area contributed by atoms with Crippen molar-refractivity contribution in [3.05, 3.63) is 48.0 Å². The van der Waals surface area contributed by atoms with Gasteiger partial charge in [0, 0.05) is 11.5 Å². The highest BCUT2D eigenvalue weighted by Crippen LogP contribution is 2.39. The standard InChI is InChI=1S/C18H14B2N2O6S2/c1-10-7-14(16(28-2)9-17(10)30(20,26)27)21-22-18-13-5-4-12(29(19,24)25)8-11(13)3-6-15(18)23/h3-9,23H,1-2H3. The monoisotopic (exact) mass is 440 g/mol. The van der Waals surface area contributed by atoms with Gasteiger partial charge >= 0.3 is 0 Å². The fourth-order valence-corrected chi connectivity index (χ4v) is 4.20. The maximum absolute atomic E-state index is 11.7. The van der Waals surface area contributed by atoms with Crippen LogP contribution < -0.4 is 4.74 Å². The van der Waals surface area contributed by atoms with E-state index < -0.39 is 19.4 Å². The van der Waals surface area contributed by atoms with Gasteiger partial charge in [0.05, 0.1) is 16.9 Å². The molecule has 0 aliphatic carbocycles. The van der Waals surface area contributed by atoms with Crippen LogP contribution in [0.5, 0.6) is 11.5 Å². The summed E-state index contributed by atoms with van der Waals surface area (Å²) in [6, 6.07) is 9.64. The highest BCUT2D eigenvalue weighted by Gasteiger charge is 2.16. The van der Waals surface area contributed by atoms with Crippen LogP contribution in [0, 0.1) is 6.92 Å². The lowest BCUT2D eigenvalue weighted by Gasteiger charge is -2.10. The SMILES string of the molecule is [B]S(=O)(=O)c1ccc2c(N=Nc3cc(C)c(S([B])(=O)=O)cc3OC)c(O)ccc2c1. The van der Waals surface area contributed by atoms with E-state index in [4.69, 9.17) is 19.0 Å². The second-order valence-corrected chi connectivity index (χ2v) is 9.49. The number of phenols is 1. The zero-order valence-corrected chi connectivity index (χ0v) is 17.5. The highest BCUT2D eigenvalue weighted by molar-refractivity contribution is 8.12. The Balaban J connectivity index is 2.14. The van der Waals surface area contributed by atoms with Crippen molar-refractivity contribution in [3.63, 3.8) is 0 Å². The lowest BCUT2D eigenvalue weighted by Crippen LogP contribution is -2.02. The smallest absolute Gasteiger partial charge is 0.262 e. The molecule has 4 radical (unpaired) electrons. The summed E-state index contributed by atoms with van der Waals surface area (Å²) in [5.41, 5.74) is 0.635. The second kappa shape index (κ2) is 7.77. The molecular formula is C18H14B2N2O6S2. The fourth-order valence-electron chi connectivity index (χ4n) is 2.87. The minimum absolute atomic E-state index is 0.0838. The number of rotatable bonds is 5. The number of hydrogen-bond acceptors (Lipinski definition) is 8. The number of hydrogen-bond donors (Lipinski definition) is 1. The van der Waals surface area contributed by atoms with Crippen LogP contribution in [0.2, 0.25) is 0 Å². The van der Waals surface area contributed by atoms with Crippen molar-refractivity contribution < 1.29 is 26.7 Å². The van der Waals surface area contributed by atoms with Crippen molar-refractivity contribution >= 4 is 55.8 Å². The molecule has 0 spiro atoms. The number of phenolic OH excluding ortho intramolecular Hbond substituents is 1. The maximum Gasteiger partial charge on any atom is 0.262 e. The largest absolute Gasteiger partial charge is 0.506 e. The molecule has 3 aromatic rings. The Labute approximate surface area is 176 Å². The van der Waals surface area contributed by atoms with Gasteiger partial charge in [-0.15, -0.1) is 10.2 Å². The van der Waals surface area contributed by atoms with E-state index in [1.165, 1.54) is 49.6 Å². The van der Waals surface area contributed by atoms with E-state index in [0.717, 1.165) is 0 Å². The van der Waals surface area contributed by atoms with Gasteiger partial charge < -0.3 is 9.84 Å². The van der Waals surface area contributed by atoms with Gasteiger partial charge in [0.15, 0.2) is 0 Å². The molecule has 3 rings (SSSR count). The number of aryl methyl sites for hydroxylation is 1. The zero-order chi connectivity index (χ0) is 22.3. The van der Waals surface area contributed by atoms with E-state index in [9.17, 15) is 21.9 Å². The number of methoxy groups -OCH3 is 1. The summed E-state index contributed by atoms with van der Waals surface area (Å²) in [6.07, 6.45) is 0. The van der Waals surface area contributed by atoms with E-state index in [0.29, 0.717) is 16.3 Å². The lowest BCUT2D eigenvalue weighted by atomic mass is 10.1. The summed E-state index contributed by atoms with van der Waals surface area (Å²) in [7, 11) is 3.84. The van der Waals surface area contributed by atoms with Crippen LogP contribution in [0.4, 0.5) is 11.4 Å². The fraction of sp³-hybridized carbons (Fsp3) is 0.111. The highest BCUT2D eigenvalue weighted by atomic mass is 32.2. The lowest BCUT2D eigenvalue weighted by molar-refractivity contribution is 0.414. The molecule has 8 nitrogen and oxygen atoms in total. The van der Waals surface area contributed by atoms with Crippen molar-refractivity contribution in [2.45, 2.75) is 16.7 Å². The summed E-state index contributed by atoms with van der Waals surface area (Å²) in [5.74, 6) is -0.0731. The molecule has 150 valence electrons. The number of fused-ring (bicyclic) bond motifs is 1. The first-order chi connectivity index (χ1) is 13.9. The van der Waals surface area contributed by atoms with E-state index >= 15 is 0 Å². The van der Waals surface area contributed by atoms with Crippen LogP contribution in [0.15, 0.2) is 62.5 Å². The molecule has 0 fully saturated rings. The molecule has 1 N–H and O–H groups in total. The number of benzene rings is 3. The van der Waals surface area contributed by atoms with E-state index in [2.05, 4.69) is 10.2 Å². The molecule has 0 bridgehead atoms. The third kappa shape index (κ3) is 4.34. The quantitative estimate of drug-likeness (QED) is 0.481. The average molecular weight is 440 g/mol. The molecule has 30 heavy (non-hydrogen) atoms. The van der Waals surface area contributed by atoms with Crippen molar-refractivity contribution in [2.24, 2.45) is 10.2 Å². The van der Waals surface area contributed by atoms with Crippen LogP contribution in [-0.2, 0) is 19.4 Å². The first-order valence-electron chi connectivity index (χ1n) is 8.33. The first kappa shape index (κ1) is 21.8. The Bertz CT molecular complexity index is 1400. The van der Waals surface area contributed by atoms with Crippen LogP contribution >= 0.6 is 0 Å². The van der Waals surface area contributed by atoms with Crippen LogP contribution in [0.25, 0.3) is 10.8 Å². The minimum atomic E-state index is -3.95. The Morgan fingerprint density at radius 3 is 2.23 bits per heavy atom. The van der Waals surface area contributed by atoms with Gasteiger partial charge in [0.1, 0.15) is 42.3 Å². The van der Waals surface area contributed by atoms with Gasteiger partial charge in [0.25, 0.3) is 14.2 Å². The molecule has 0 aromatic heterocycles. The van der Waals surface area contributed by atoms with Crippen LogP contribution in [0.3, 0.4) is 0 Å². The number of ether oxygens (including phenoxy) is 1. The normalized spacial score (nSPS) is 12.5. The predicted molar refractivity (Wildman–Crippen MR) is 113 cm³/mol. The number of azo groups is 1. The molecular weight excluding hydrogens is 426 g/mol. The Morgan fingerprint density at radius 1 is 0.933 bits per heavy atom. The summed E-state index contributed by atoms with van der Waals surface area (Å²) < 4.78 is 51.7. The predicted octanol–water partition coefficient (Wildman–Crippen LogP) is 2.99. The van der Waals surface area contributed by atoms with Gasteiger partial charge in [0.2, 0.25) is 0 Å². The van der Waals surface area contributed by atoms with Gasteiger partial charge in [-0.05, 0) is 42.1 Å². The van der Waals surface area contributed by atoms with E-state index in [1.54, 1.807) is 6.92 Å². The number of nitrogens with zero attached hydrogens (tertiary/aromatic N) is 2. The molecule has 12 heteroatoms. The van der Waals surface area contributed by atoms with Crippen LogP contribution in [0.1, 0.15) is 5.56 Å². The average Bonchev–Trinajstić information content (AvgIpc) is 2.65. The third-order valence-electron chi connectivity index (χ3n) is 4.31. The molecule has 0 saturated carbocycles. The third-order valence-corrected chi connectivity index (χ3v) is 6.27. The summed E-state index contributed by atoms with van der Waals surface area (Å²) in [6.45, 7) is 1.54. The van der Waals surface area contributed by atoms with Gasteiger partial charge in [-0.2, -0.15) is 0 Å². The second-order valence-electron chi connectivity index (χ2n) is 6.40. The Morgan fingerprint density at radius 2 is 1.63 bits per heavy atom. The molecule has 0 saturated heterocycles. The minimum Gasteiger partial charge on any atom is -0.506 e. The maximum atomic E-state index is 11.7. The van der Waals surface area contributed by atoms with E-state index in [-0.39, 0.29) is 32.7 Å². The molecule has 0 heterocycles. The molecule has 0 aliphatic heterocycles. The van der Waals surface area contributed by atoms with Crippen LogP contribution in [-0.4, -0.2) is 43.3 Å². The van der Waals surface area contributed by atoms with Gasteiger partial charge in [-0.25, -0.2) is 16.8 Å². The molecule has 3 aromatic carbocycles. The van der Waals surface area contributed by atoms with Crippen molar-refractivity contribution in [3.8, 4) is 11.5 Å².